The normalized spacial score (nSPS) is 15.7. The fraction of sp³-hybridized carbons (Fsp3) is 1.00. The van der Waals surface area contributed by atoms with E-state index in [9.17, 15) is 13.2 Å². The van der Waals surface area contributed by atoms with Gasteiger partial charge in [0.15, 0.2) is 6.10 Å². The van der Waals surface area contributed by atoms with Crippen LogP contribution in [0, 0.1) is 0 Å². The molecule has 4 nitrogen and oxygen atoms in total. The number of hydrogen-bond donors (Lipinski definition) is 1. The Hall–Kier alpha value is -0.370. The third kappa shape index (κ3) is 7.86. The van der Waals surface area contributed by atoms with Crippen molar-refractivity contribution in [2.75, 3.05) is 33.5 Å². The molecule has 0 aliphatic rings. The summed E-state index contributed by atoms with van der Waals surface area (Å²) in [7, 11) is 1.57. The second-order valence-corrected chi connectivity index (χ2v) is 3.86. The molecule has 0 aliphatic carbocycles. The number of halogens is 3. The Bertz CT molecular complexity index is 202. The molecule has 0 aromatic rings. The van der Waals surface area contributed by atoms with Crippen molar-refractivity contribution in [3.8, 4) is 0 Å². The summed E-state index contributed by atoms with van der Waals surface area (Å²) in [5.41, 5.74) is 5.38. The number of ether oxygens (including phenoxy) is 3. The van der Waals surface area contributed by atoms with E-state index in [0.29, 0.717) is 19.6 Å². The highest BCUT2D eigenvalue weighted by Gasteiger charge is 2.43. The summed E-state index contributed by atoms with van der Waals surface area (Å²) >= 11 is 0. The molecule has 0 rings (SSSR count). The predicted molar refractivity (Wildman–Crippen MR) is 61.4 cm³/mol. The largest absolute Gasteiger partial charge is 0.416 e. The van der Waals surface area contributed by atoms with E-state index in [1.165, 1.54) is 0 Å². The zero-order chi connectivity index (χ0) is 14.0. The number of hydrogen-bond acceptors (Lipinski definition) is 4. The predicted octanol–water partition coefficient (Wildman–Crippen LogP) is 1.72. The van der Waals surface area contributed by atoms with Crippen molar-refractivity contribution in [2.45, 2.75) is 38.1 Å². The van der Waals surface area contributed by atoms with Crippen molar-refractivity contribution < 1.29 is 27.4 Å². The van der Waals surface area contributed by atoms with Crippen LogP contribution in [-0.4, -0.2) is 51.9 Å². The van der Waals surface area contributed by atoms with Crippen LogP contribution >= 0.6 is 0 Å². The van der Waals surface area contributed by atoms with Gasteiger partial charge in [-0.05, 0) is 12.8 Å². The first-order chi connectivity index (χ1) is 8.43. The Morgan fingerprint density at radius 2 is 1.78 bits per heavy atom. The van der Waals surface area contributed by atoms with Crippen molar-refractivity contribution in [1.82, 2.24) is 0 Å². The number of rotatable bonds is 10. The maximum Gasteiger partial charge on any atom is 0.416 e. The molecular formula is C11H22F3NO3. The van der Waals surface area contributed by atoms with Crippen molar-refractivity contribution in [3.63, 3.8) is 0 Å². The van der Waals surface area contributed by atoms with Gasteiger partial charge in [0.25, 0.3) is 0 Å². The zero-order valence-corrected chi connectivity index (χ0v) is 10.8. The van der Waals surface area contributed by atoms with Gasteiger partial charge in [-0.15, -0.1) is 0 Å². The van der Waals surface area contributed by atoms with Gasteiger partial charge in [-0.1, -0.05) is 6.92 Å². The molecule has 2 N–H and O–H groups in total. The summed E-state index contributed by atoms with van der Waals surface area (Å²) in [6.45, 7) is 2.59. The summed E-state index contributed by atoms with van der Waals surface area (Å²) in [6, 6.07) is -1.04. The van der Waals surface area contributed by atoms with Crippen LogP contribution in [-0.2, 0) is 14.2 Å². The lowest BCUT2D eigenvalue weighted by Crippen LogP contribution is -2.47. The Balaban J connectivity index is 3.78. The van der Waals surface area contributed by atoms with Gasteiger partial charge in [-0.25, -0.2) is 0 Å². The lowest BCUT2D eigenvalue weighted by Gasteiger charge is -2.25. The van der Waals surface area contributed by atoms with Gasteiger partial charge in [0, 0.05) is 26.4 Å². The first kappa shape index (κ1) is 17.6. The van der Waals surface area contributed by atoms with Gasteiger partial charge in [0.1, 0.15) is 0 Å². The smallest absolute Gasteiger partial charge is 0.385 e. The number of methoxy groups -OCH3 is 1. The van der Waals surface area contributed by atoms with E-state index in [1.807, 2.05) is 0 Å². The topological polar surface area (TPSA) is 53.7 Å². The van der Waals surface area contributed by atoms with Gasteiger partial charge in [-0.3, -0.25) is 0 Å². The fourth-order valence-electron chi connectivity index (χ4n) is 1.32. The molecule has 0 amide bonds. The summed E-state index contributed by atoms with van der Waals surface area (Å²) in [5.74, 6) is 0. The van der Waals surface area contributed by atoms with Crippen molar-refractivity contribution in [3.05, 3.63) is 0 Å². The van der Waals surface area contributed by atoms with Crippen molar-refractivity contribution in [1.29, 1.82) is 0 Å². The molecule has 0 heterocycles. The molecule has 110 valence electrons. The van der Waals surface area contributed by atoms with Gasteiger partial charge in [0.05, 0.1) is 13.2 Å². The van der Waals surface area contributed by atoms with E-state index < -0.39 is 18.3 Å². The Morgan fingerprint density at radius 1 is 1.11 bits per heavy atom. The minimum atomic E-state index is -4.44. The van der Waals surface area contributed by atoms with Crippen LogP contribution in [0.3, 0.4) is 0 Å². The molecule has 0 radical (unpaired) electrons. The summed E-state index contributed by atoms with van der Waals surface area (Å²) in [4.78, 5) is 0. The molecule has 0 saturated heterocycles. The van der Waals surface area contributed by atoms with Gasteiger partial charge in [-0.2, -0.15) is 13.2 Å². The molecule has 2 atom stereocenters. The highest BCUT2D eigenvalue weighted by molar-refractivity contribution is 4.79. The monoisotopic (exact) mass is 273 g/mol. The van der Waals surface area contributed by atoms with Crippen LogP contribution in [0.4, 0.5) is 13.2 Å². The van der Waals surface area contributed by atoms with Gasteiger partial charge >= 0.3 is 6.18 Å². The van der Waals surface area contributed by atoms with E-state index in [4.69, 9.17) is 19.9 Å². The molecule has 0 spiro atoms. The molecule has 7 heteroatoms. The minimum absolute atomic E-state index is 0.118. The fourth-order valence-corrected chi connectivity index (χ4v) is 1.32. The molecule has 0 fully saturated rings. The standard InChI is InChI=1S/C11H22F3NO3/c1-3-9(15)10(11(12,13)14)18-8-7-17-6-4-5-16-2/h9-10H,3-8,15H2,1-2H3. The van der Waals surface area contributed by atoms with Crippen LogP contribution in [0.5, 0.6) is 0 Å². The van der Waals surface area contributed by atoms with E-state index in [-0.39, 0.29) is 19.6 Å². The SMILES string of the molecule is CCC(N)C(OCCOCCCOC)C(F)(F)F. The molecule has 0 aromatic heterocycles. The van der Waals surface area contributed by atoms with Crippen LogP contribution in [0.1, 0.15) is 19.8 Å². The quantitative estimate of drug-likeness (QED) is 0.616. The average Bonchev–Trinajstić information content (AvgIpc) is 2.30. The third-order valence-electron chi connectivity index (χ3n) is 2.35. The summed E-state index contributed by atoms with van der Waals surface area (Å²) < 4.78 is 52.4. The van der Waals surface area contributed by atoms with Crippen LogP contribution in [0.15, 0.2) is 0 Å². The molecule has 0 bridgehead atoms. The first-order valence-corrected chi connectivity index (χ1v) is 5.94. The van der Waals surface area contributed by atoms with E-state index in [2.05, 4.69) is 0 Å². The Labute approximate surface area is 106 Å². The highest BCUT2D eigenvalue weighted by Crippen LogP contribution is 2.25. The lowest BCUT2D eigenvalue weighted by atomic mass is 10.1. The van der Waals surface area contributed by atoms with Crippen molar-refractivity contribution >= 4 is 0 Å². The van der Waals surface area contributed by atoms with Crippen LogP contribution in [0.25, 0.3) is 0 Å². The Kier molecular flexibility index (Phi) is 9.35. The molecular weight excluding hydrogens is 251 g/mol. The second-order valence-electron chi connectivity index (χ2n) is 3.86. The highest BCUT2D eigenvalue weighted by atomic mass is 19.4. The van der Waals surface area contributed by atoms with Gasteiger partial charge < -0.3 is 19.9 Å². The first-order valence-electron chi connectivity index (χ1n) is 5.94. The lowest BCUT2D eigenvalue weighted by molar-refractivity contribution is -0.228. The third-order valence-corrected chi connectivity index (χ3v) is 2.35. The maximum atomic E-state index is 12.6. The molecule has 0 aromatic carbocycles. The van der Waals surface area contributed by atoms with Crippen LogP contribution < -0.4 is 5.73 Å². The minimum Gasteiger partial charge on any atom is -0.385 e. The summed E-state index contributed by atoms with van der Waals surface area (Å²) in [6.07, 6.45) is -5.46. The van der Waals surface area contributed by atoms with Crippen molar-refractivity contribution in [2.24, 2.45) is 5.73 Å². The summed E-state index contributed by atoms with van der Waals surface area (Å²) in [5, 5.41) is 0. The average molecular weight is 273 g/mol. The molecule has 0 aliphatic heterocycles. The molecule has 0 saturated carbocycles. The second kappa shape index (κ2) is 9.55. The van der Waals surface area contributed by atoms with E-state index >= 15 is 0 Å². The maximum absolute atomic E-state index is 12.6. The number of nitrogens with two attached hydrogens (primary N) is 1. The Morgan fingerprint density at radius 3 is 2.28 bits per heavy atom. The number of alkyl halides is 3. The van der Waals surface area contributed by atoms with Crippen LogP contribution in [0.2, 0.25) is 0 Å². The van der Waals surface area contributed by atoms with Gasteiger partial charge in [0.2, 0.25) is 0 Å². The molecule has 2 unspecified atom stereocenters. The zero-order valence-electron chi connectivity index (χ0n) is 10.8. The van der Waals surface area contributed by atoms with E-state index in [1.54, 1.807) is 14.0 Å². The molecule has 18 heavy (non-hydrogen) atoms. The van der Waals surface area contributed by atoms with E-state index in [0.717, 1.165) is 0 Å².